The van der Waals surface area contributed by atoms with Crippen LogP contribution in [-0.4, -0.2) is 20.1 Å². The van der Waals surface area contributed by atoms with Crippen molar-refractivity contribution in [1.29, 1.82) is 0 Å². The zero-order valence-corrected chi connectivity index (χ0v) is 13.9. The molecule has 0 aliphatic rings. The molecule has 0 saturated carbocycles. The minimum absolute atomic E-state index is 0.0161. The van der Waals surface area contributed by atoms with Gasteiger partial charge in [-0.3, -0.25) is 0 Å². The molecule has 1 heterocycles. The van der Waals surface area contributed by atoms with E-state index in [1.165, 1.54) is 10.9 Å². The van der Waals surface area contributed by atoms with Crippen LogP contribution in [0.3, 0.4) is 0 Å². The van der Waals surface area contributed by atoms with Gasteiger partial charge in [0.05, 0.1) is 0 Å². The average Bonchev–Trinajstić information content (AvgIpc) is 2.98. The van der Waals surface area contributed by atoms with Gasteiger partial charge in [-0.15, -0.1) is 11.3 Å². The van der Waals surface area contributed by atoms with Gasteiger partial charge in [-0.1, -0.05) is 12.1 Å². The van der Waals surface area contributed by atoms with Crippen LogP contribution in [0, 0.1) is 5.82 Å². The van der Waals surface area contributed by atoms with Crippen LogP contribution < -0.4 is 10.2 Å². The normalized spacial score (nSPS) is 14.0. The van der Waals surface area contributed by atoms with Gasteiger partial charge in [0.25, 0.3) is 0 Å². The first kappa shape index (κ1) is 16.0. The Labute approximate surface area is 130 Å². The zero-order chi connectivity index (χ0) is 15.4. The quantitative estimate of drug-likeness (QED) is 0.859. The van der Waals surface area contributed by atoms with E-state index in [1.54, 1.807) is 17.4 Å². The summed E-state index contributed by atoms with van der Waals surface area (Å²) in [7, 11) is 3.90. The second kappa shape index (κ2) is 7.05. The summed E-state index contributed by atoms with van der Waals surface area (Å²) in [5, 5.41) is 5.23. The first-order chi connectivity index (χ1) is 10.0. The molecular weight excluding hydrogens is 283 g/mol. The lowest BCUT2D eigenvalue weighted by Gasteiger charge is -2.30. The summed E-state index contributed by atoms with van der Waals surface area (Å²) in [5.74, 6) is -0.149. The van der Waals surface area contributed by atoms with E-state index in [2.05, 4.69) is 34.7 Å². The Balaban J connectivity index is 2.26. The first-order valence-corrected chi connectivity index (χ1v) is 8.13. The number of halogens is 1. The lowest BCUT2D eigenvalue weighted by atomic mass is 10.0. The molecule has 0 radical (unpaired) electrons. The second-order valence-electron chi connectivity index (χ2n) is 5.43. The van der Waals surface area contributed by atoms with Crippen LogP contribution in [0.2, 0.25) is 0 Å². The number of anilines is 1. The van der Waals surface area contributed by atoms with Gasteiger partial charge in [0, 0.05) is 41.7 Å². The van der Waals surface area contributed by atoms with Crippen molar-refractivity contribution in [3.63, 3.8) is 0 Å². The molecule has 21 heavy (non-hydrogen) atoms. The molecule has 1 aromatic heterocycles. The van der Waals surface area contributed by atoms with Crippen molar-refractivity contribution in [2.24, 2.45) is 0 Å². The molecular formula is C17H23FN2S. The predicted molar refractivity (Wildman–Crippen MR) is 89.8 cm³/mol. The number of benzene rings is 1. The van der Waals surface area contributed by atoms with Gasteiger partial charge in [-0.2, -0.15) is 0 Å². The summed E-state index contributed by atoms with van der Waals surface area (Å²) in [4.78, 5) is 3.53. The monoisotopic (exact) mass is 306 g/mol. The molecule has 2 rings (SSSR count). The van der Waals surface area contributed by atoms with Crippen molar-refractivity contribution < 1.29 is 4.39 Å². The van der Waals surface area contributed by atoms with E-state index in [9.17, 15) is 4.39 Å². The third kappa shape index (κ3) is 3.63. The first-order valence-electron chi connectivity index (χ1n) is 7.25. The van der Waals surface area contributed by atoms with Crippen molar-refractivity contribution in [1.82, 2.24) is 5.32 Å². The zero-order valence-electron chi connectivity index (χ0n) is 13.1. The van der Waals surface area contributed by atoms with E-state index >= 15 is 0 Å². The van der Waals surface area contributed by atoms with Gasteiger partial charge < -0.3 is 10.2 Å². The minimum Gasteiger partial charge on any atom is -0.371 e. The van der Waals surface area contributed by atoms with Gasteiger partial charge in [-0.05, 0) is 44.5 Å². The number of hydrogen-bond donors (Lipinski definition) is 1. The van der Waals surface area contributed by atoms with Crippen LogP contribution in [0.4, 0.5) is 10.1 Å². The molecule has 114 valence electrons. The second-order valence-corrected chi connectivity index (χ2v) is 6.46. The lowest BCUT2D eigenvalue weighted by Crippen LogP contribution is -2.32. The van der Waals surface area contributed by atoms with Crippen LogP contribution in [0.1, 0.15) is 30.3 Å². The summed E-state index contributed by atoms with van der Waals surface area (Å²) in [6, 6.07) is 9.83. The fraction of sp³-hybridized carbons (Fsp3) is 0.412. The average molecular weight is 306 g/mol. The highest BCUT2D eigenvalue weighted by atomic mass is 32.1. The molecule has 0 fully saturated rings. The van der Waals surface area contributed by atoms with E-state index in [4.69, 9.17) is 0 Å². The fourth-order valence-corrected chi connectivity index (χ4v) is 3.33. The van der Waals surface area contributed by atoms with E-state index in [0.717, 1.165) is 17.7 Å². The van der Waals surface area contributed by atoms with Crippen LogP contribution in [0.15, 0.2) is 35.7 Å². The molecule has 2 atom stereocenters. The summed E-state index contributed by atoms with van der Waals surface area (Å²) in [6.45, 7) is 4.16. The number of hydrogen-bond acceptors (Lipinski definition) is 3. The van der Waals surface area contributed by atoms with Crippen LogP contribution >= 0.6 is 11.3 Å². The number of likely N-dealkylation sites (N-methyl/N-ethyl adjacent to an activating group) is 1. The van der Waals surface area contributed by atoms with Gasteiger partial charge in [0.15, 0.2) is 0 Å². The molecule has 2 unspecified atom stereocenters. The Morgan fingerprint density at radius 2 is 2.00 bits per heavy atom. The van der Waals surface area contributed by atoms with Crippen LogP contribution in [0.5, 0.6) is 0 Å². The topological polar surface area (TPSA) is 15.3 Å². The molecule has 1 aromatic carbocycles. The Hall–Kier alpha value is -1.39. The van der Waals surface area contributed by atoms with Gasteiger partial charge >= 0.3 is 0 Å². The summed E-state index contributed by atoms with van der Waals surface area (Å²) < 4.78 is 14.2. The highest BCUT2D eigenvalue weighted by Gasteiger charge is 2.20. The van der Waals surface area contributed by atoms with Gasteiger partial charge in [-0.25, -0.2) is 4.39 Å². The Bertz CT molecular complexity index is 568. The largest absolute Gasteiger partial charge is 0.371 e. The molecule has 2 aromatic rings. The molecule has 0 spiro atoms. The van der Waals surface area contributed by atoms with E-state index in [1.807, 2.05) is 27.1 Å². The minimum atomic E-state index is -0.149. The molecule has 1 N–H and O–H groups in total. The van der Waals surface area contributed by atoms with Crippen molar-refractivity contribution in [2.45, 2.75) is 32.4 Å². The molecule has 0 aliphatic heterocycles. The predicted octanol–water partition coefficient (Wildman–Crippen LogP) is 4.24. The number of rotatable bonds is 6. The standard InChI is InChI=1S/C17H23FN2S/c1-12(11-14-7-6-10-21-14)20(4)16-9-5-8-15(18)17(16)13(2)19-3/h5-10,12-13,19H,11H2,1-4H3. The molecule has 0 bridgehead atoms. The smallest absolute Gasteiger partial charge is 0.130 e. The third-order valence-electron chi connectivity index (χ3n) is 4.01. The maximum atomic E-state index is 14.2. The van der Waals surface area contributed by atoms with Crippen molar-refractivity contribution in [2.75, 3.05) is 19.0 Å². The van der Waals surface area contributed by atoms with Crippen molar-refractivity contribution in [3.8, 4) is 0 Å². The number of nitrogens with zero attached hydrogens (tertiary/aromatic N) is 1. The maximum Gasteiger partial charge on any atom is 0.130 e. The van der Waals surface area contributed by atoms with Crippen molar-refractivity contribution in [3.05, 3.63) is 52.0 Å². The van der Waals surface area contributed by atoms with Gasteiger partial charge in [0.2, 0.25) is 0 Å². The number of nitrogens with one attached hydrogen (secondary N) is 1. The third-order valence-corrected chi connectivity index (χ3v) is 4.91. The molecule has 4 heteroatoms. The maximum absolute atomic E-state index is 14.2. The highest BCUT2D eigenvalue weighted by molar-refractivity contribution is 7.09. The fourth-order valence-electron chi connectivity index (χ4n) is 2.50. The SMILES string of the molecule is CNC(C)c1c(F)cccc1N(C)C(C)Cc1cccs1. The van der Waals surface area contributed by atoms with E-state index in [-0.39, 0.29) is 11.9 Å². The summed E-state index contributed by atoms with van der Waals surface area (Å²) >= 11 is 1.77. The molecule has 0 saturated heterocycles. The lowest BCUT2D eigenvalue weighted by molar-refractivity contribution is 0.557. The van der Waals surface area contributed by atoms with Crippen molar-refractivity contribution >= 4 is 17.0 Å². The molecule has 0 aliphatic carbocycles. The molecule has 0 amide bonds. The molecule has 2 nitrogen and oxygen atoms in total. The van der Waals surface area contributed by atoms with Gasteiger partial charge in [0.1, 0.15) is 5.82 Å². The Kier molecular flexibility index (Phi) is 5.37. The highest BCUT2D eigenvalue weighted by Crippen LogP contribution is 2.30. The summed E-state index contributed by atoms with van der Waals surface area (Å²) in [6.07, 6.45) is 0.970. The van der Waals surface area contributed by atoms with E-state index < -0.39 is 0 Å². The van der Waals surface area contributed by atoms with E-state index in [0.29, 0.717) is 6.04 Å². The van der Waals surface area contributed by atoms with Crippen LogP contribution in [0.25, 0.3) is 0 Å². The Morgan fingerprint density at radius 1 is 1.24 bits per heavy atom. The summed E-state index contributed by atoms with van der Waals surface area (Å²) in [5.41, 5.74) is 1.70. The Morgan fingerprint density at radius 3 is 2.62 bits per heavy atom. The van der Waals surface area contributed by atoms with Crippen LogP contribution in [-0.2, 0) is 6.42 Å². The number of thiophene rings is 1.